The highest BCUT2D eigenvalue weighted by atomic mass is 16.4. The molecule has 0 spiro atoms. The van der Waals surface area contributed by atoms with Crippen molar-refractivity contribution >= 4 is 17.6 Å². The van der Waals surface area contributed by atoms with Crippen LogP contribution < -0.4 is 5.32 Å². The van der Waals surface area contributed by atoms with Gasteiger partial charge in [-0.25, -0.2) is 4.79 Å². The number of anilines is 1. The number of carbonyl (C=O) groups is 2. The Hall–Kier alpha value is -3.17. The molecule has 0 fully saturated rings. The number of benzene rings is 2. The van der Waals surface area contributed by atoms with Crippen LogP contribution in [-0.2, 0) is 6.42 Å². The number of carboxylic acid groups (broad SMARTS) is 1. The third kappa shape index (κ3) is 3.73. The highest BCUT2D eigenvalue weighted by Gasteiger charge is 2.16. The van der Waals surface area contributed by atoms with Gasteiger partial charge in [-0.15, -0.1) is 0 Å². The number of carbonyl (C=O) groups excluding carboxylic acids is 1. The maximum atomic E-state index is 12.3. The van der Waals surface area contributed by atoms with Crippen LogP contribution in [0, 0.1) is 11.3 Å². The van der Waals surface area contributed by atoms with Crippen LogP contribution in [0.1, 0.15) is 31.8 Å². The van der Waals surface area contributed by atoms with E-state index in [1.54, 1.807) is 18.2 Å². The first-order valence-corrected chi connectivity index (χ1v) is 6.84. The van der Waals surface area contributed by atoms with E-state index in [1.165, 1.54) is 24.3 Å². The molecule has 2 aromatic carbocycles. The number of nitriles is 1. The van der Waals surface area contributed by atoms with Gasteiger partial charge in [0.15, 0.2) is 0 Å². The van der Waals surface area contributed by atoms with Gasteiger partial charge in [-0.05, 0) is 36.2 Å². The van der Waals surface area contributed by atoms with Crippen molar-refractivity contribution in [2.24, 2.45) is 0 Å². The van der Waals surface area contributed by atoms with Gasteiger partial charge in [0.1, 0.15) is 0 Å². The van der Waals surface area contributed by atoms with E-state index in [0.717, 1.165) is 0 Å². The van der Waals surface area contributed by atoms with Gasteiger partial charge in [-0.2, -0.15) is 5.26 Å². The normalized spacial score (nSPS) is 9.91. The first kappa shape index (κ1) is 16.2. The van der Waals surface area contributed by atoms with Gasteiger partial charge in [0.2, 0.25) is 0 Å². The molecule has 3 N–H and O–H groups in total. The molecule has 0 heterocycles. The fourth-order valence-corrected chi connectivity index (χ4v) is 2.16. The van der Waals surface area contributed by atoms with Gasteiger partial charge in [-0.3, -0.25) is 4.79 Å². The molecule has 0 atom stereocenters. The average molecular weight is 310 g/mol. The van der Waals surface area contributed by atoms with E-state index in [9.17, 15) is 9.59 Å². The maximum absolute atomic E-state index is 12.3. The van der Waals surface area contributed by atoms with E-state index in [2.05, 4.69) is 5.32 Å². The Kier molecular flexibility index (Phi) is 5.07. The van der Waals surface area contributed by atoms with Crippen molar-refractivity contribution < 1.29 is 19.8 Å². The van der Waals surface area contributed by atoms with Crippen LogP contribution in [0.5, 0.6) is 0 Å². The van der Waals surface area contributed by atoms with E-state index >= 15 is 0 Å². The lowest BCUT2D eigenvalue weighted by atomic mass is 10.0. The van der Waals surface area contributed by atoms with Crippen molar-refractivity contribution in [2.45, 2.75) is 6.42 Å². The predicted octanol–water partition coefficient (Wildman–Crippen LogP) is 2.04. The topological polar surface area (TPSA) is 110 Å². The number of aromatic carboxylic acids is 1. The molecule has 0 aliphatic carbocycles. The lowest BCUT2D eigenvalue weighted by Crippen LogP contribution is -2.16. The van der Waals surface area contributed by atoms with Gasteiger partial charge >= 0.3 is 5.97 Å². The lowest BCUT2D eigenvalue weighted by molar-refractivity contribution is 0.0692. The first-order chi connectivity index (χ1) is 11.1. The quantitative estimate of drug-likeness (QED) is 0.782. The zero-order valence-electron chi connectivity index (χ0n) is 12.1. The number of amides is 1. The van der Waals surface area contributed by atoms with E-state index in [4.69, 9.17) is 15.5 Å². The number of aliphatic hydroxyl groups is 1. The van der Waals surface area contributed by atoms with Gasteiger partial charge in [-0.1, -0.05) is 18.2 Å². The van der Waals surface area contributed by atoms with Crippen molar-refractivity contribution in [1.29, 1.82) is 5.26 Å². The van der Waals surface area contributed by atoms with E-state index in [0.29, 0.717) is 23.2 Å². The summed E-state index contributed by atoms with van der Waals surface area (Å²) in [6.07, 6.45) is 0.346. The summed E-state index contributed by atoms with van der Waals surface area (Å²) in [7, 11) is 0. The smallest absolute Gasteiger partial charge is 0.336 e. The summed E-state index contributed by atoms with van der Waals surface area (Å²) < 4.78 is 0. The Balaban J connectivity index is 2.28. The van der Waals surface area contributed by atoms with Crippen molar-refractivity contribution in [3.8, 4) is 6.07 Å². The van der Waals surface area contributed by atoms with Gasteiger partial charge in [0.25, 0.3) is 5.91 Å². The van der Waals surface area contributed by atoms with Crippen LogP contribution in [0.25, 0.3) is 0 Å². The molecule has 6 heteroatoms. The molecule has 0 saturated heterocycles. The summed E-state index contributed by atoms with van der Waals surface area (Å²) >= 11 is 0. The Morgan fingerprint density at radius 1 is 1.13 bits per heavy atom. The highest BCUT2D eigenvalue weighted by molar-refractivity contribution is 6.10. The molecule has 2 rings (SSSR count). The molecule has 2 aromatic rings. The number of hydrogen-bond acceptors (Lipinski definition) is 4. The molecule has 0 unspecified atom stereocenters. The number of carboxylic acids is 1. The van der Waals surface area contributed by atoms with E-state index < -0.39 is 11.9 Å². The summed E-state index contributed by atoms with van der Waals surface area (Å²) in [6.45, 7) is -0.0770. The Bertz CT molecular complexity index is 793. The lowest BCUT2D eigenvalue weighted by Gasteiger charge is -2.09. The van der Waals surface area contributed by atoms with Crippen molar-refractivity contribution in [1.82, 2.24) is 0 Å². The number of hydrogen-bond donors (Lipinski definition) is 3. The minimum absolute atomic E-state index is 0.0398. The Morgan fingerprint density at radius 3 is 2.43 bits per heavy atom. The molecular formula is C17H14N2O4. The third-order valence-corrected chi connectivity index (χ3v) is 3.27. The van der Waals surface area contributed by atoms with Crippen LogP contribution in [0.4, 0.5) is 5.69 Å². The second-order valence-electron chi connectivity index (χ2n) is 4.76. The van der Waals surface area contributed by atoms with Gasteiger partial charge in [0.05, 0.1) is 22.8 Å². The Labute approximate surface area is 132 Å². The summed E-state index contributed by atoms with van der Waals surface area (Å²) in [6, 6.07) is 12.6. The van der Waals surface area contributed by atoms with Crippen molar-refractivity contribution in [3.05, 3.63) is 64.7 Å². The van der Waals surface area contributed by atoms with Gasteiger partial charge < -0.3 is 15.5 Å². The predicted molar refractivity (Wildman–Crippen MR) is 83.3 cm³/mol. The fourth-order valence-electron chi connectivity index (χ4n) is 2.16. The van der Waals surface area contributed by atoms with Crippen LogP contribution in [0.2, 0.25) is 0 Å². The molecule has 0 aliphatic heterocycles. The van der Waals surface area contributed by atoms with E-state index in [1.807, 2.05) is 6.07 Å². The second kappa shape index (κ2) is 7.20. The van der Waals surface area contributed by atoms with Crippen molar-refractivity contribution in [2.75, 3.05) is 11.9 Å². The number of aliphatic hydroxyl groups excluding tert-OH is 1. The molecule has 0 aliphatic rings. The standard InChI is InChI=1S/C17H14N2O4/c18-10-12-9-13(6-5-11(12)7-8-20)19-16(21)14-3-1-2-4-15(14)17(22)23/h1-6,9,20H,7-8H2,(H,19,21)(H,22,23). The zero-order valence-corrected chi connectivity index (χ0v) is 12.1. The molecule has 116 valence electrons. The molecule has 6 nitrogen and oxygen atoms in total. The number of nitrogens with zero attached hydrogens (tertiary/aromatic N) is 1. The summed E-state index contributed by atoms with van der Waals surface area (Å²) in [5, 5.41) is 29.8. The SMILES string of the molecule is N#Cc1cc(NC(=O)c2ccccc2C(=O)O)ccc1CCO. The molecular weight excluding hydrogens is 296 g/mol. The summed E-state index contributed by atoms with van der Waals surface area (Å²) in [5.74, 6) is -1.76. The molecule has 1 amide bonds. The largest absolute Gasteiger partial charge is 0.478 e. The minimum Gasteiger partial charge on any atom is -0.478 e. The van der Waals surface area contributed by atoms with Crippen LogP contribution >= 0.6 is 0 Å². The summed E-state index contributed by atoms with van der Waals surface area (Å²) in [4.78, 5) is 23.4. The molecule has 0 bridgehead atoms. The van der Waals surface area contributed by atoms with E-state index in [-0.39, 0.29) is 17.7 Å². The number of rotatable bonds is 5. The molecule has 0 radical (unpaired) electrons. The third-order valence-electron chi connectivity index (χ3n) is 3.27. The van der Waals surface area contributed by atoms with Crippen LogP contribution in [0.15, 0.2) is 42.5 Å². The minimum atomic E-state index is -1.19. The van der Waals surface area contributed by atoms with Crippen LogP contribution in [0.3, 0.4) is 0 Å². The summed E-state index contributed by atoms with van der Waals surface area (Å²) in [5.41, 5.74) is 1.36. The maximum Gasteiger partial charge on any atom is 0.336 e. The second-order valence-corrected chi connectivity index (χ2v) is 4.76. The van der Waals surface area contributed by atoms with Gasteiger partial charge in [0, 0.05) is 12.3 Å². The zero-order chi connectivity index (χ0) is 16.8. The fraction of sp³-hybridized carbons (Fsp3) is 0.118. The molecule has 23 heavy (non-hydrogen) atoms. The average Bonchev–Trinajstić information content (AvgIpc) is 2.56. The Morgan fingerprint density at radius 2 is 1.83 bits per heavy atom. The first-order valence-electron chi connectivity index (χ1n) is 6.84. The highest BCUT2D eigenvalue weighted by Crippen LogP contribution is 2.18. The van der Waals surface area contributed by atoms with Crippen molar-refractivity contribution in [3.63, 3.8) is 0 Å². The molecule has 0 aromatic heterocycles. The monoisotopic (exact) mass is 310 g/mol. The molecule has 0 saturated carbocycles. The number of nitrogens with one attached hydrogen (secondary N) is 1. The van der Waals surface area contributed by atoms with Crippen LogP contribution in [-0.4, -0.2) is 28.7 Å².